The van der Waals surface area contributed by atoms with Crippen LogP contribution >= 0.6 is 0 Å². The van der Waals surface area contributed by atoms with Crippen molar-refractivity contribution in [2.75, 3.05) is 18.5 Å². The molecule has 2 heterocycles. The largest absolute Gasteiger partial charge is 0.481 e. The number of aromatic nitrogens is 1. The summed E-state index contributed by atoms with van der Waals surface area (Å²) in [6.07, 6.45) is 8.03. The predicted octanol–water partition coefficient (Wildman–Crippen LogP) is 6.13. The Balaban J connectivity index is 1.48. The van der Waals surface area contributed by atoms with Gasteiger partial charge in [0.1, 0.15) is 11.5 Å². The van der Waals surface area contributed by atoms with Crippen molar-refractivity contribution in [2.24, 2.45) is 5.92 Å². The summed E-state index contributed by atoms with van der Waals surface area (Å²) in [7, 11) is 0. The predicted molar refractivity (Wildman–Crippen MR) is 157 cm³/mol. The number of anilines is 1. The number of benzene rings is 1. The minimum absolute atomic E-state index is 0.0421. The van der Waals surface area contributed by atoms with E-state index < -0.39 is 11.6 Å². The van der Waals surface area contributed by atoms with Gasteiger partial charge in [0, 0.05) is 47.6 Å². The number of carboxylic acid groups (broad SMARTS) is 1. The summed E-state index contributed by atoms with van der Waals surface area (Å²) < 4.78 is 11.9. The number of nitrogens with zero attached hydrogens (tertiary/aromatic N) is 1. The first-order valence-electron chi connectivity index (χ1n) is 14.4. The van der Waals surface area contributed by atoms with Crippen LogP contribution in [0.4, 0.5) is 5.69 Å². The number of hydrogen-bond acceptors (Lipinski definition) is 7. The lowest BCUT2D eigenvalue weighted by Crippen LogP contribution is -2.26. The second-order valence-electron chi connectivity index (χ2n) is 11.4. The van der Waals surface area contributed by atoms with E-state index in [-0.39, 0.29) is 24.9 Å². The summed E-state index contributed by atoms with van der Waals surface area (Å²) in [5, 5.41) is 25.0. The summed E-state index contributed by atoms with van der Waals surface area (Å²) >= 11 is 0. The molecule has 1 atom stereocenters. The van der Waals surface area contributed by atoms with Crippen molar-refractivity contribution in [2.45, 2.75) is 77.4 Å². The molecule has 1 aromatic carbocycles. The quantitative estimate of drug-likeness (QED) is 0.195. The fourth-order valence-corrected chi connectivity index (χ4v) is 5.16. The molecular formula is C32H41N3O6. The number of carbonyl (C=O) groups is 2. The number of hydrogen-bond donors (Lipinski definition) is 4. The minimum Gasteiger partial charge on any atom is -0.481 e. The second-order valence-corrected chi connectivity index (χ2v) is 11.4. The number of aryl methyl sites for hydroxylation is 1. The van der Waals surface area contributed by atoms with Crippen LogP contribution in [0.2, 0.25) is 0 Å². The molecule has 1 aliphatic rings. The van der Waals surface area contributed by atoms with Crippen LogP contribution in [-0.4, -0.2) is 45.8 Å². The van der Waals surface area contributed by atoms with Crippen LogP contribution in [0.1, 0.15) is 86.5 Å². The number of nitrogens with one attached hydrogen (secondary N) is 2. The van der Waals surface area contributed by atoms with Crippen molar-refractivity contribution in [1.29, 1.82) is 0 Å². The molecule has 1 aliphatic carbocycles. The van der Waals surface area contributed by atoms with E-state index in [1.807, 2.05) is 31.2 Å². The number of carbonyl (C=O) groups excluding carboxylic acids is 1. The first kappa shape index (κ1) is 30.1. The number of amides is 1. The maximum Gasteiger partial charge on any atom is 0.305 e. The molecule has 0 saturated heterocycles. The molecule has 220 valence electrons. The van der Waals surface area contributed by atoms with Gasteiger partial charge in [-0.3, -0.25) is 9.59 Å². The SMILES string of the molecule is Cc1oc(-c2ccc(OCCC(C)(C)O)nc2)cc1C(Nc1ccc(C(=O)NCCC(=O)O)cc1)C1CCCCC1. The Labute approximate surface area is 241 Å². The third-order valence-electron chi connectivity index (χ3n) is 7.49. The van der Waals surface area contributed by atoms with Gasteiger partial charge >= 0.3 is 5.97 Å². The van der Waals surface area contributed by atoms with Gasteiger partial charge in [0.2, 0.25) is 5.88 Å². The number of furan rings is 1. The van der Waals surface area contributed by atoms with Crippen molar-refractivity contribution in [3.8, 4) is 17.2 Å². The van der Waals surface area contributed by atoms with Gasteiger partial charge in [0.25, 0.3) is 5.91 Å². The minimum atomic E-state index is -0.947. The number of ether oxygens (including phenoxy) is 1. The van der Waals surface area contributed by atoms with Crippen LogP contribution in [0.15, 0.2) is 53.1 Å². The molecule has 3 aromatic rings. The molecule has 1 unspecified atom stereocenters. The number of aliphatic hydroxyl groups is 1. The Morgan fingerprint density at radius 1 is 1.12 bits per heavy atom. The molecule has 0 aliphatic heterocycles. The van der Waals surface area contributed by atoms with E-state index >= 15 is 0 Å². The zero-order chi connectivity index (χ0) is 29.4. The van der Waals surface area contributed by atoms with E-state index in [0.29, 0.717) is 30.4 Å². The van der Waals surface area contributed by atoms with Gasteiger partial charge in [-0.15, -0.1) is 0 Å². The summed E-state index contributed by atoms with van der Waals surface area (Å²) in [4.78, 5) is 27.5. The monoisotopic (exact) mass is 563 g/mol. The lowest BCUT2D eigenvalue weighted by Gasteiger charge is -2.31. The highest BCUT2D eigenvalue weighted by atomic mass is 16.5. The highest BCUT2D eigenvalue weighted by Gasteiger charge is 2.28. The summed E-state index contributed by atoms with van der Waals surface area (Å²) in [6.45, 7) is 5.96. The maximum atomic E-state index is 12.4. The Morgan fingerprint density at radius 3 is 2.49 bits per heavy atom. The summed E-state index contributed by atoms with van der Waals surface area (Å²) in [5.41, 5.74) is 2.56. The van der Waals surface area contributed by atoms with Crippen molar-refractivity contribution < 1.29 is 29.0 Å². The van der Waals surface area contributed by atoms with Crippen LogP contribution in [0.3, 0.4) is 0 Å². The average Bonchev–Trinajstić information content (AvgIpc) is 3.33. The Bertz CT molecular complexity index is 1290. The van der Waals surface area contributed by atoms with Crippen LogP contribution in [0.25, 0.3) is 11.3 Å². The molecule has 41 heavy (non-hydrogen) atoms. The number of carboxylic acids is 1. The van der Waals surface area contributed by atoms with Gasteiger partial charge < -0.3 is 30.0 Å². The molecule has 4 N–H and O–H groups in total. The number of rotatable bonds is 13. The zero-order valence-corrected chi connectivity index (χ0v) is 24.1. The molecule has 9 nitrogen and oxygen atoms in total. The third-order valence-corrected chi connectivity index (χ3v) is 7.49. The fraction of sp³-hybridized carbons (Fsp3) is 0.469. The third kappa shape index (κ3) is 8.82. The fourth-order valence-electron chi connectivity index (χ4n) is 5.16. The van der Waals surface area contributed by atoms with Crippen LogP contribution < -0.4 is 15.4 Å². The molecule has 2 aromatic heterocycles. The van der Waals surface area contributed by atoms with Crippen LogP contribution in [0.5, 0.6) is 5.88 Å². The van der Waals surface area contributed by atoms with Crippen LogP contribution in [-0.2, 0) is 4.79 Å². The van der Waals surface area contributed by atoms with Crippen molar-refractivity contribution in [3.63, 3.8) is 0 Å². The molecule has 9 heteroatoms. The van der Waals surface area contributed by atoms with Crippen molar-refractivity contribution in [3.05, 3.63) is 65.5 Å². The van der Waals surface area contributed by atoms with E-state index in [1.54, 1.807) is 32.2 Å². The van der Waals surface area contributed by atoms with Crippen molar-refractivity contribution >= 4 is 17.6 Å². The van der Waals surface area contributed by atoms with Gasteiger partial charge in [-0.05, 0) is 75.9 Å². The Kier molecular flexibility index (Phi) is 10.0. The molecular weight excluding hydrogens is 522 g/mol. The summed E-state index contributed by atoms with van der Waals surface area (Å²) in [6, 6.07) is 13.2. The van der Waals surface area contributed by atoms with Gasteiger partial charge in [0.15, 0.2) is 0 Å². The van der Waals surface area contributed by atoms with Crippen LogP contribution in [0, 0.1) is 12.8 Å². The summed E-state index contributed by atoms with van der Waals surface area (Å²) in [5.74, 6) is 1.29. The van der Waals surface area contributed by atoms with Gasteiger partial charge in [-0.2, -0.15) is 0 Å². The number of pyridine rings is 1. The van der Waals surface area contributed by atoms with E-state index in [1.165, 1.54) is 19.3 Å². The molecule has 4 rings (SSSR count). The van der Waals surface area contributed by atoms with Crippen molar-refractivity contribution in [1.82, 2.24) is 10.3 Å². The van der Waals surface area contributed by atoms with Gasteiger partial charge in [0.05, 0.1) is 24.7 Å². The van der Waals surface area contributed by atoms with E-state index in [0.717, 1.165) is 41.2 Å². The van der Waals surface area contributed by atoms with Gasteiger partial charge in [-0.25, -0.2) is 4.98 Å². The maximum absolute atomic E-state index is 12.4. The Morgan fingerprint density at radius 2 is 1.85 bits per heavy atom. The zero-order valence-electron chi connectivity index (χ0n) is 24.1. The highest BCUT2D eigenvalue weighted by Crippen LogP contribution is 2.40. The molecule has 0 radical (unpaired) electrons. The molecule has 1 amide bonds. The normalized spacial score (nSPS) is 14.8. The van der Waals surface area contributed by atoms with E-state index in [9.17, 15) is 14.7 Å². The Hall–Kier alpha value is -3.85. The highest BCUT2D eigenvalue weighted by molar-refractivity contribution is 5.94. The second kappa shape index (κ2) is 13.7. The smallest absolute Gasteiger partial charge is 0.305 e. The number of aliphatic carboxylic acids is 1. The lowest BCUT2D eigenvalue weighted by atomic mass is 9.81. The first-order chi connectivity index (χ1) is 19.6. The average molecular weight is 564 g/mol. The molecule has 0 bridgehead atoms. The lowest BCUT2D eigenvalue weighted by molar-refractivity contribution is -0.136. The molecule has 1 fully saturated rings. The standard InChI is InChI=1S/C32H41N3O6/c1-21-26(19-27(41-21)24-11-14-28(34-20-24)40-18-16-32(2,3)39)30(22-7-5-4-6-8-22)35-25-12-9-23(10-13-25)31(38)33-17-15-29(36)37/h9-14,19-20,22,30,35,39H,4-8,15-18H2,1-3H3,(H,33,38)(H,36,37). The molecule has 1 saturated carbocycles. The first-order valence-corrected chi connectivity index (χ1v) is 14.4. The van der Waals surface area contributed by atoms with E-state index in [2.05, 4.69) is 21.7 Å². The van der Waals surface area contributed by atoms with Gasteiger partial charge in [-0.1, -0.05) is 19.3 Å². The topological polar surface area (TPSA) is 134 Å². The van der Waals surface area contributed by atoms with E-state index in [4.69, 9.17) is 14.3 Å². The molecule has 0 spiro atoms.